The number of carbonyl (C=O) groups is 1. The van der Waals surface area contributed by atoms with Crippen molar-refractivity contribution < 1.29 is 13.9 Å². The van der Waals surface area contributed by atoms with Gasteiger partial charge in [-0.2, -0.15) is 0 Å². The number of pyridine rings is 1. The summed E-state index contributed by atoms with van der Waals surface area (Å²) in [6.45, 7) is 3.98. The van der Waals surface area contributed by atoms with Crippen LogP contribution in [-0.4, -0.2) is 35.6 Å². The van der Waals surface area contributed by atoms with Crippen LogP contribution < -0.4 is 10.1 Å². The molecule has 3 aromatic rings. The highest BCUT2D eigenvalue weighted by molar-refractivity contribution is 5.89. The van der Waals surface area contributed by atoms with E-state index in [-0.39, 0.29) is 17.8 Å². The third-order valence-corrected chi connectivity index (χ3v) is 5.76. The molecular weight excluding hydrogens is 417 g/mol. The van der Waals surface area contributed by atoms with E-state index in [1.54, 1.807) is 24.5 Å². The van der Waals surface area contributed by atoms with Crippen LogP contribution >= 0.6 is 0 Å². The summed E-state index contributed by atoms with van der Waals surface area (Å²) in [6, 6.07) is 18.1. The highest BCUT2D eigenvalue weighted by Gasteiger charge is 2.24. The fourth-order valence-corrected chi connectivity index (χ4v) is 3.98. The molecule has 1 aliphatic rings. The fraction of sp³-hybridized carbons (Fsp3) is 0.259. The van der Waals surface area contributed by atoms with E-state index >= 15 is 0 Å². The van der Waals surface area contributed by atoms with Crippen LogP contribution in [-0.2, 0) is 6.42 Å². The maximum atomic E-state index is 13.3. The second-order valence-corrected chi connectivity index (χ2v) is 8.29. The molecule has 0 spiro atoms. The number of benzene rings is 2. The first-order valence-electron chi connectivity index (χ1n) is 11.2. The Morgan fingerprint density at radius 3 is 2.88 bits per heavy atom. The number of nitrogens with zero attached hydrogens (tertiary/aromatic N) is 2. The maximum absolute atomic E-state index is 13.3. The first-order chi connectivity index (χ1) is 16.1. The molecule has 1 fully saturated rings. The van der Waals surface area contributed by atoms with E-state index in [0.717, 1.165) is 23.3 Å². The van der Waals surface area contributed by atoms with Crippen LogP contribution in [0, 0.1) is 11.7 Å². The van der Waals surface area contributed by atoms with Crippen molar-refractivity contribution in [3.63, 3.8) is 0 Å². The zero-order valence-corrected chi connectivity index (χ0v) is 18.7. The maximum Gasteiger partial charge on any atom is 0.321 e. The summed E-state index contributed by atoms with van der Waals surface area (Å²) in [4.78, 5) is 18.5. The predicted molar refractivity (Wildman–Crippen MR) is 129 cm³/mol. The molecule has 1 N–H and O–H groups in total. The van der Waals surface area contributed by atoms with Gasteiger partial charge < -0.3 is 15.0 Å². The van der Waals surface area contributed by atoms with Crippen LogP contribution in [0.4, 0.5) is 14.9 Å². The number of likely N-dealkylation sites (tertiary alicyclic amines) is 1. The van der Waals surface area contributed by atoms with Gasteiger partial charge in [0.2, 0.25) is 0 Å². The SMILES string of the molecule is CC1CN(C(=O)Nc2cccnc2)CC/C1=C\c1cccc(OCCc2cccc(F)c2)c1. The summed E-state index contributed by atoms with van der Waals surface area (Å²) in [5.74, 6) is 0.827. The number of hydrogen-bond donors (Lipinski definition) is 1. The number of rotatable bonds is 6. The van der Waals surface area contributed by atoms with Gasteiger partial charge in [0.25, 0.3) is 0 Å². The zero-order valence-electron chi connectivity index (χ0n) is 18.7. The van der Waals surface area contributed by atoms with Crippen LogP contribution in [0.5, 0.6) is 5.75 Å². The second kappa shape index (κ2) is 10.8. The Morgan fingerprint density at radius 2 is 2.09 bits per heavy atom. The number of carbonyl (C=O) groups excluding carboxylic acids is 1. The number of halogens is 1. The van der Waals surface area contributed by atoms with E-state index in [9.17, 15) is 9.18 Å². The summed E-state index contributed by atoms with van der Waals surface area (Å²) in [7, 11) is 0. The number of urea groups is 1. The monoisotopic (exact) mass is 445 g/mol. The predicted octanol–water partition coefficient (Wildman–Crippen LogP) is 5.80. The van der Waals surface area contributed by atoms with Crippen molar-refractivity contribution in [2.24, 2.45) is 5.92 Å². The van der Waals surface area contributed by atoms with E-state index in [4.69, 9.17) is 4.74 Å². The number of hydrogen-bond acceptors (Lipinski definition) is 3. The molecule has 6 heteroatoms. The number of piperidine rings is 1. The number of anilines is 1. The number of ether oxygens (including phenoxy) is 1. The molecule has 0 saturated carbocycles. The van der Waals surface area contributed by atoms with Crippen LogP contribution in [0.1, 0.15) is 24.5 Å². The minimum atomic E-state index is -0.226. The van der Waals surface area contributed by atoms with Gasteiger partial charge in [0.05, 0.1) is 18.5 Å². The molecule has 0 aliphatic carbocycles. The Hall–Kier alpha value is -3.67. The fourth-order valence-electron chi connectivity index (χ4n) is 3.98. The van der Waals surface area contributed by atoms with Crippen molar-refractivity contribution in [2.75, 3.05) is 25.0 Å². The summed E-state index contributed by atoms with van der Waals surface area (Å²) in [5.41, 5.74) is 4.01. The third-order valence-electron chi connectivity index (χ3n) is 5.76. The van der Waals surface area contributed by atoms with Crippen molar-refractivity contribution in [1.29, 1.82) is 0 Å². The Bertz CT molecular complexity index is 1120. The molecule has 1 atom stereocenters. The lowest BCUT2D eigenvalue weighted by Crippen LogP contribution is -2.42. The molecular formula is C27H28FN3O2. The molecule has 2 amide bonds. The summed E-state index contributed by atoms with van der Waals surface area (Å²) in [6.07, 6.45) is 6.99. The average Bonchev–Trinajstić information content (AvgIpc) is 2.81. The molecule has 2 heterocycles. The normalized spacial score (nSPS) is 17.1. The average molecular weight is 446 g/mol. The molecule has 1 aromatic heterocycles. The van der Waals surface area contributed by atoms with Crippen molar-refractivity contribution >= 4 is 17.8 Å². The highest BCUT2D eigenvalue weighted by atomic mass is 19.1. The van der Waals surface area contributed by atoms with Gasteiger partial charge in [-0.05, 0) is 59.9 Å². The van der Waals surface area contributed by atoms with Crippen LogP contribution in [0.25, 0.3) is 6.08 Å². The van der Waals surface area contributed by atoms with Crippen molar-refractivity contribution in [3.05, 3.63) is 95.6 Å². The molecule has 2 aromatic carbocycles. The molecule has 1 unspecified atom stereocenters. The Balaban J connectivity index is 1.32. The molecule has 5 nitrogen and oxygen atoms in total. The Kier molecular flexibility index (Phi) is 7.35. The first kappa shape index (κ1) is 22.5. The van der Waals surface area contributed by atoms with E-state index < -0.39 is 0 Å². The highest BCUT2D eigenvalue weighted by Crippen LogP contribution is 2.26. The van der Waals surface area contributed by atoms with Crippen LogP contribution in [0.15, 0.2) is 78.6 Å². The molecule has 0 radical (unpaired) electrons. The minimum Gasteiger partial charge on any atom is -0.493 e. The molecule has 170 valence electrons. The lowest BCUT2D eigenvalue weighted by molar-refractivity contribution is 0.198. The number of aromatic nitrogens is 1. The lowest BCUT2D eigenvalue weighted by Gasteiger charge is -2.33. The van der Waals surface area contributed by atoms with Crippen molar-refractivity contribution in [2.45, 2.75) is 19.8 Å². The van der Waals surface area contributed by atoms with Crippen LogP contribution in [0.3, 0.4) is 0 Å². The van der Waals surface area contributed by atoms with Gasteiger partial charge in [0.1, 0.15) is 11.6 Å². The molecule has 1 aliphatic heterocycles. The van der Waals surface area contributed by atoms with Gasteiger partial charge in [-0.15, -0.1) is 0 Å². The topological polar surface area (TPSA) is 54.5 Å². The van der Waals surface area contributed by atoms with Crippen molar-refractivity contribution in [3.8, 4) is 5.75 Å². The number of amides is 2. The van der Waals surface area contributed by atoms with E-state index in [1.165, 1.54) is 17.7 Å². The minimum absolute atomic E-state index is 0.0948. The quantitative estimate of drug-likeness (QED) is 0.522. The third kappa shape index (κ3) is 6.42. The van der Waals surface area contributed by atoms with Gasteiger partial charge in [-0.3, -0.25) is 4.98 Å². The standard InChI is InChI=1S/C27H28FN3O2/c1-20-19-31(27(32)30-25-8-4-12-29-18-25)13-10-23(20)15-22-6-3-9-26(17-22)33-14-11-21-5-2-7-24(28)16-21/h2-9,12,15-18,20H,10-11,13-14,19H2,1H3,(H,30,32)/b23-15+. The zero-order chi connectivity index (χ0) is 23.0. The Morgan fingerprint density at radius 1 is 1.21 bits per heavy atom. The van der Waals surface area contributed by atoms with Crippen molar-refractivity contribution in [1.82, 2.24) is 9.88 Å². The molecule has 33 heavy (non-hydrogen) atoms. The van der Waals surface area contributed by atoms with Gasteiger partial charge in [-0.1, -0.05) is 42.8 Å². The summed E-state index contributed by atoms with van der Waals surface area (Å²) in [5, 5.41) is 2.91. The van der Waals surface area contributed by atoms with E-state index in [0.29, 0.717) is 31.8 Å². The van der Waals surface area contributed by atoms with Crippen LogP contribution in [0.2, 0.25) is 0 Å². The summed E-state index contributed by atoms with van der Waals surface area (Å²) < 4.78 is 19.2. The number of nitrogens with one attached hydrogen (secondary N) is 1. The molecule has 0 bridgehead atoms. The smallest absolute Gasteiger partial charge is 0.321 e. The summed E-state index contributed by atoms with van der Waals surface area (Å²) >= 11 is 0. The largest absolute Gasteiger partial charge is 0.493 e. The van der Waals surface area contributed by atoms with Gasteiger partial charge in [0, 0.05) is 25.7 Å². The van der Waals surface area contributed by atoms with Gasteiger partial charge in [-0.25, -0.2) is 9.18 Å². The van der Waals surface area contributed by atoms with E-state index in [1.807, 2.05) is 35.2 Å². The first-order valence-corrected chi connectivity index (χ1v) is 11.2. The lowest BCUT2D eigenvalue weighted by atomic mass is 9.91. The second-order valence-electron chi connectivity index (χ2n) is 8.29. The van der Waals surface area contributed by atoms with E-state index in [2.05, 4.69) is 29.4 Å². The Labute approximate surface area is 193 Å². The molecule has 1 saturated heterocycles. The van der Waals surface area contributed by atoms with Gasteiger partial charge >= 0.3 is 6.03 Å². The van der Waals surface area contributed by atoms with Gasteiger partial charge in [0.15, 0.2) is 0 Å². The molecule has 4 rings (SSSR count).